The van der Waals surface area contributed by atoms with E-state index in [9.17, 15) is 9.59 Å². The van der Waals surface area contributed by atoms with Gasteiger partial charge in [0, 0.05) is 11.6 Å². The highest BCUT2D eigenvalue weighted by Gasteiger charge is 2.15. The number of halogens is 1. The smallest absolute Gasteiger partial charge is 0.262 e. The molecule has 1 amide bonds. The molecule has 1 N–H and O–H groups in total. The molecule has 152 valence electrons. The van der Waals surface area contributed by atoms with Gasteiger partial charge in [0.25, 0.3) is 5.56 Å². The normalized spacial score (nSPS) is 11.1. The number of hydrogen-bond acceptors (Lipinski definition) is 5. The summed E-state index contributed by atoms with van der Waals surface area (Å²) in [6, 6.07) is 12.3. The van der Waals surface area contributed by atoms with Crippen LogP contribution in [0.1, 0.15) is 13.8 Å². The summed E-state index contributed by atoms with van der Waals surface area (Å²) in [5.74, 6) is 0.735. The van der Waals surface area contributed by atoms with Crippen molar-refractivity contribution in [2.45, 2.75) is 25.5 Å². The fourth-order valence-electron chi connectivity index (χ4n) is 2.87. The van der Waals surface area contributed by atoms with Crippen molar-refractivity contribution < 1.29 is 9.53 Å². The Morgan fingerprint density at radius 2 is 2.03 bits per heavy atom. The molecule has 0 bridgehead atoms. The van der Waals surface area contributed by atoms with Gasteiger partial charge in [0.2, 0.25) is 5.91 Å². The van der Waals surface area contributed by atoms with E-state index in [-0.39, 0.29) is 23.1 Å². The minimum atomic E-state index is -0.207. The van der Waals surface area contributed by atoms with Gasteiger partial charge in [0.15, 0.2) is 5.16 Å². The number of nitrogens with zero attached hydrogens (tertiary/aromatic N) is 2. The fraction of sp³-hybridized carbons (Fsp3) is 0.286. The van der Waals surface area contributed by atoms with E-state index in [1.54, 1.807) is 42.0 Å². The zero-order valence-corrected chi connectivity index (χ0v) is 18.0. The van der Waals surface area contributed by atoms with Gasteiger partial charge in [-0.15, -0.1) is 0 Å². The summed E-state index contributed by atoms with van der Waals surface area (Å²) in [4.78, 5) is 30.1. The number of carbonyl (C=O) groups excluding carboxylic acids is 1. The lowest BCUT2D eigenvalue weighted by atomic mass is 10.2. The van der Waals surface area contributed by atoms with Crippen molar-refractivity contribution in [3.05, 3.63) is 57.8 Å². The number of fused-ring (bicyclic) bond motifs is 1. The maximum atomic E-state index is 13.0. The van der Waals surface area contributed by atoms with Crippen LogP contribution in [0.3, 0.4) is 0 Å². The van der Waals surface area contributed by atoms with Crippen LogP contribution in [-0.2, 0) is 11.3 Å². The van der Waals surface area contributed by atoms with Gasteiger partial charge in [-0.3, -0.25) is 14.2 Å². The van der Waals surface area contributed by atoms with Gasteiger partial charge in [-0.1, -0.05) is 49.3 Å². The Kier molecular flexibility index (Phi) is 6.82. The molecule has 0 fully saturated rings. The number of thioether (sulfide) groups is 1. The van der Waals surface area contributed by atoms with E-state index in [0.29, 0.717) is 39.1 Å². The van der Waals surface area contributed by atoms with Crippen LogP contribution in [0.2, 0.25) is 5.02 Å². The number of ether oxygens (including phenoxy) is 1. The largest absolute Gasteiger partial charge is 0.495 e. The molecular formula is C21H22ClN3O3S. The highest BCUT2D eigenvalue weighted by Crippen LogP contribution is 2.25. The number of para-hydroxylation sites is 2. The molecule has 3 aromatic rings. The first-order valence-corrected chi connectivity index (χ1v) is 10.5. The van der Waals surface area contributed by atoms with E-state index in [0.717, 1.165) is 0 Å². The van der Waals surface area contributed by atoms with Crippen molar-refractivity contribution in [3.8, 4) is 5.75 Å². The zero-order valence-electron chi connectivity index (χ0n) is 16.4. The maximum absolute atomic E-state index is 13.0. The van der Waals surface area contributed by atoms with Crippen molar-refractivity contribution in [1.82, 2.24) is 9.55 Å². The summed E-state index contributed by atoms with van der Waals surface area (Å²) in [5, 5.41) is 4.30. The molecule has 0 aliphatic rings. The summed E-state index contributed by atoms with van der Waals surface area (Å²) < 4.78 is 6.87. The Labute approximate surface area is 178 Å². The molecule has 0 atom stereocenters. The highest BCUT2D eigenvalue weighted by molar-refractivity contribution is 7.99. The first-order valence-electron chi connectivity index (χ1n) is 9.14. The Bertz CT molecular complexity index is 1100. The minimum absolute atomic E-state index is 0.113. The van der Waals surface area contributed by atoms with Crippen LogP contribution in [0, 0.1) is 5.92 Å². The molecule has 0 saturated carbocycles. The van der Waals surface area contributed by atoms with Gasteiger partial charge < -0.3 is 10.1 Å². The monoisotopic (exact) mass is 431 g/mol. The second kappa shape index (κ2) is 9.33. The number of hydrogen-bond donors (Lipinski definition) is 1. The molecule has 1 heterocycles. The molecule has 8 heteroatoms. The Morgan fingerprint density at radius 1 is 1.28 bits per heavy atom. The lowest BCUT2D eigenvalue weighted by Gasteiger charge is -2.15. The number of amides is 1. The van der Waals surface area contributed by atoms with Crippen LogP contribution < -0.4 is 15.6 Å². The fourth-order valence-corrected chi connectivity index (χ4v) is 3.85. The standard InChI is InChI=1S/C21H22ClN3O3S/c1-13(2)11-25-20(27)15-10-14(22)8-9-16(15)24-21(25)29-12-19(26)23-17-6-4-5-7-18(17)28-3/h4-10,13H,11-12H2,1-3H3,(H,23,26). The number of methoxy groups -OCH3 is 1. The SMILES string of the molecule is COc1ccccc1NC(=O)CSc1nc2ccc(Cl)cc2c(=O)n1CC(C)C. The summed E-state index contributed by atoms with van der Waals surface area (Å²) in [6.07, 6.45) is 0. The molecule has 3 rings (SSSR count). The van der Waals surface area contributed by atoms with Crippen LogP contribution in [0.4, 0.5) is 5.69 Å². The van der Waals surface area contributed by atoms with E-state index in [1.807, 2.05) is 26.0 Å². The molecule has 2 aromatic carbocycles. The predicted octanol–water partition coefficient (Wildman–Crippen LogP) is 4.45. The molecule has 0 saturated heterocycles. The molecule has 0 spiro atoms. The van der Waals surface area contributed by atoms with E-state index >= 15 is 0 Å². The third kappa shape index (κ3) is 5.10. The first-order chi connectivity index (χ1) is 13.9. The van der Waals surface area contributed by atoms with Crippen LogP contribution in [0.15, 0.2) is 52.4 Å². The van der Waals surface area contributed by atoms with Crippen LogP contribution in [-0.4, -0.2) is 28.3 Å². The molecule has 0 aliphatic heterocycles. The molecule has 1 aromatic heterocycles. The van der Waals surface area contributed by atoms with E-state index < -0.39 is 0 Å². The first kappa shape index (κ1) is 21.2. The molecule has 0 radical (unpaired) electrons. The van der Waals surface area contributed by atoms with Gasteiger partial charge in [0.1, 0.15) is 5.75 Å². The van der Waals surface area contributed by atoms with Gasteiger partial charge in [-0.05, 0) is 36.2 Å². The molecule has 0 unspecified atom stereocenters. The summed E-state index contributed by atoms with van der Waals surface area (Å²) >= 11 is 7.28. The Hall–Kier alpha value is -2.51. The second-order valence-electron chi connectivity index (χ2n) is 6.90. The van der Waals surface area contributed by atoms with Crippen LogP contribution in [0.5, 0.6) is 5.75 Å². The summed E-state index contributed by atoms with van der Waals surface area (Å²) in [5.41, 5.74) is 1.01. The van der Waals surface area contributed by atoms with Crippen LogP contribution >= 0.6 is 23.4 Å². The Balaban J connectivity index is 1.85. The number of nitrogens with one attached hydrogen (secondary N) is 1. The van der Waals surface area contributed by atoms with Gasteiger partial charge in [0.05, 0.1) is 29.5 Å². The quantitative estimate of drug-likeness (QED) is 0.442. The number of aromatic nitrogens is 2. The summed E-state index contributed by atoms with van der Waals surface area (Å²) in [7, 11) is 1.55. The topological polar surface area (TPSA) is 73.2 Å². The average molecular weight is 432 g/mol. The predicted molar refractivity (Wildman–Crippen MR) is 118 cm³/mol. The van der Waals surface area contributed by atoms with Gasteiger partial charge in [-0.2, -0.15) is 0 Å². The minimum Gasteiger partial charge on any atom is -0.495 e. The highest BCUT2D eigenvalue weighted by atomic mass is 35.5. The number of carbonyl (C=O) groups is 1. The molecule has 0 aliphatic carbocycles. The second-order valence-corrected chi connectivity index (χ2v) is 8.28. The Morgan fingerprint density at radius 3 is 2.76 bits per heavy atom. The van der Waals surface area contributed by atoms with E-state index in [2.05, 4.69) is 10.3 Å². The third-order valence-corrected chi connectivity index (χ3v) is 5.35. The van der Waals surface area contributed by atoms with Crippen molar-refractivity contribution in [3.63, 3.8) is 0 Å². The van der Waals surface area contributed by atoms with Crippen molar-refractivity contribution in [1.29, 1.82) is 0 Å². The summed E-state index contributed by atoms with van der Waals surface area (Å²) in [6.45, 7) is 4.56. The lowest BCUT2D eigenvalue weighted by molar-refractivity contribution is -0.113. The van der Waals surface area contributed by atoms with Gasteiger partial charge >= 0.3 is 0 Å². The lowest BCUT2D eigenvalue weighted by Crippen LogP contribution is -2.26. The van der Waals surface area contributed by atoms with E-state index in [4.69, 9.17) is 16.3 Å². The van der Waals surface area contributed by atoms with Crippen molar-refractivity contribution in [2.24, 2.45) is 5.92 Å². The molecule has 29 heavy (non-hydrogen) atoms. The van der Waals surface area contributed by atoms with Crippen molar-refractivity contribution >= 4 is 45.9 Å². The van der Waals surface area contributed by atoms with Gasteiger partial charge in [-0.25, -0.2) is 4.98 Å². The maximum Gasteiger partial charge on any atom is 0.262 e. The van der Waals surface area contributed by atoms with Crippen molar-refractivity contribution in [2.75, 3.05) is 18.2 Å². The molecule has 6 nitrogen and oxygen atoms in total. The van der Waals surface area contributed by atoms with Crippen LogP contribution in [0.25, 0.3) is 10.9 Å². The number of rotatable bonds is 7. The zero-order chi connectivity index (χ0) is 21.0. The average Bonchev–Trinajstić information content (AvgIpc) is 2.69. The van der Waals surface area contributed by atoms with E-state index in [1.165, 1.54) is 11.8 Å². The third-order valence-electron chi connectivity index (χ3n) is 4.14. The molecular weight excluding hydrogens is 410 g/mol. The number of anilines is 1. The number of benzene rings is 2.